The molecular formula is C13H21NOS. The van der Waals surface area contributed by atoms with E-state index in [2.05, 4.69) is 28.7 Å². The van der Waals surface area contributed by atoms with Crippen molar-refractivity contribution in [3.05, 3.63) is 22.4 Å². The lowest BCUT2D eigenvalue weighted by Crippen LogP contribution is -2.45. The van der Waals surface area contributed by atoms with Crippen LogP contribution < -0.4 is 0 Å². The van der Waals surface area contributed by atoms with E-state index in [-0.39, 0.29) is 6.10 Å². The molecule has 1 fully saturated rings. The van der Waals surface area contributed by atoms with Crippen LogP contribution in [0.3, 0.4) is 0 Å². The average Bonchev–Trinajstić information content (AvgIpc) is 2.82. The summed E-state index contributed by atoms with van der Waals surface area (Å²) >= 11 is 1.75. The van der Waals surface area contributed by atoms with Gasteiger partial charge in [0.05, 0.1) is 6.10 Å². The van der Waals surface area contributed by atoms with Crippen LogP contribution in [0.1, 0.15) is 38.2 Å². The fraction of sp³-hybridized carbons (Fsp3) is 0.692. The maximum Gasteiger partial charge on any atom is 0.0692 e. The van der Waals surface area contributed by atoms with Crippen molar-refractivity contribution in [3.8, 4) is 0 Å². The van der Waals surface area contributed by atoms with Gasteiger partial charge in [0, 0.05) is 12.6 Å². The van der Waals surface area contributed by atoms with Crippen molar-refractivity contribution in [1.29, 1.82) is 0 Å². The van der Waals surface area contributed by atoms with Crippen LogP contribution in [-0.4, -0.2) is 28.7 Å². The molecule has 1 aliphatic rings. The number of nitrogens with zero attached hydrogens (tertiary/aromatic N) is 1. The van der Waals surface area contributed by atoms with E-state index in [9.17, 15) is 5.11 Å². The van der Waals surface area contributed by atoms with Crippen LogP contribution in [0.5, 0.6) is 0 Å². The topological polar surface area (TPSA) is 23.5 Å². The van der Waals surface area contributed by atoms with Crippen LogP contribution in [0.4, 0.5) is 0 Å². The fourth-order valence-electron chi connectivity index (χ4n) is 2.54. The summed E-state index contributed by atoms with van der Waals surface area (Å²) in [7, 11) is 0. The monoisotopic (exact) mass is 239 g/mol. The molecule has 1 aromatic heterocycles. The van der Waals surface area contributed by atoms with Gasteiger partial charge in [0.25, 0.3) is 0 Å². The molecule has 2 rings (SSSR count). The van der Waals surface area contributed by atoms with Gasteiger partial charge in [-0.05, 0) is 48.2 Å². The first-order chi connectivity index (χ1) is 7.81. The molecule has 2 unspecified atom stereocenters. The Morgan fingerprint density at radius 1 is 1.56 bits per heavy atom. The van der Waals surface area contributed by atoms with E-state index in [0.717, 1.165) is 25.9 Å². The Morgan fingerprint density at radius 3 is 3.12 bits per heavy atom. The highest BCUT2D eigenvalue weighted by Crippen LogP contribution is 2.23. The van der Waals surface area contributed by atoms with Gasteiger partial charge in [-0.15, -0.1) is 0 Å². The molecule has 3 heteroatoms. The van der Waals surface area contributed by atoms with Gasteiger partial charge in [-0.3, -0.25) is 4.90 Å². The van der Waals surface area contributed by atoms with Gasteiger partial charge < -0.3 is 5.11 Å². The van der Waals surface area contributed by atoms with Gasteiger partial charge in [0.15, 0.2) is 0 Å². The van der Waals surface area contributed by atoms with Crippen molar-refractivity contribution in [2.24, 2.45) is 0 Å². The Balaban J connectivity index is 1.99. The number of rotatable bonds is 4. The molecule has 1 saturated heterocycles. The largest absolute Gasteiger partial charge is 0.392 e. The third-order valence-corrected chi connectivity index (χ3v) is 4.22. The summed E-state index contributed by atoms with van der Waals surface area (Å²) in [6.07, 6.45) is 4.40. The summed E-state index contributed by atoms with van der Waals surface area (Å²) in [5, 5.41) is 14.4. The van der Waals surface area contributed by atoms with Gasteiger partial charge in [-0.25, -0.2) is 0 Å². The van der Waals surface area contributed by atoms with Gasteiger partial charge >= 0.3 is 0 Å². The standard InChI is InChI=1S/C13H21NOS/c1-2-13(15)12-5-3-4-7-14(12)9-11-6-8-16-10-11/h6,8,10,12-13,15H,2-5,7,9H2,1H3. The molecule has 0 spiro atoms. The molecule has 2 atom stereocenters. The molecule has 1 N–H and O–H groups in total. The van der Waals surface area contributed by atoms with E-state index in [1.165, 1.54) is 18.4 Å². The van der Waals surface area contributed by atoms with Gasteiger partial charge in [-0.1, -0.05) is 13.3 Å². The molecule has 0 bridgehead atoms. The van der Waals surface area contributed by atoms with Crippen LogP contribution in [0.2, 0.25) is 0 Å². The molecule has 0 amide bonds. The number of hydrogen-bond donors (Lipinski definition) is 1. The molecule has 0 saturated carbocycles. The molecule has 0 aliphatic carbocycles. The Labute approximate surface area is 102 Å². The minimum absolute atomic E-state index is 0.154. The molecule has 0 radical (unpaired) electrons. The molecule has 1 aromatic rings. The summed E-state index contributed by atoms with van der Waals surface area (Å²) in [5.74, 6) is 0. The van der Waals surface area contributed by atoms with Crippen LogP contribution >= 0.6 is 11.3 Å². The van der Waals surface area contributed by atoms with Crippen molar-refractivity contribution in [1.82, 2.24) is 4.90 Å². The number of thiophene rings is 1. The summed E-state index contributed by atoms with van der Waals surface area (Å²) in [5.41, 5.74) is 1.39. The van der Waals surface area contributed by atoms with Gasteiger partial charge in [0.2, 0.25) is 0 Å². The lowest BCUT2D eigenvalue weighted by atomic mass is 9.95. The zero-order chi connectivity index (χ0) is 11.4. The van der Waals surface area contributed by atoms with Crippen molar-refractivity contribution < 1.29 is 5.11 Å². The predicted molar refractivity (Wildman–Crippen MR) is 68.7 cm³/mol. The third-order valence-electron chi connectivity index (χ3n) is 3.49. The van der Waals surface area contributed by atoms with Crippen molar-refractivity contribution in [2.75, 3.05) is 6.54 Å². The Morgan fingerprint density at radius 2 is 2.44 bits per heavy atom. The van der Waals surface area contributed by atoms with E-state index < -0.39 is 0 Å². The Bertz CT molecular complexity index is 299. The van der Waals surface area contributed by atoms with E-state index in [1.54, 1.807) is 11.3 Å². The smallest absolute Gasteiger partial charge is 0.0692 e. The molecule has 0 aromatic carbocycles. The Hall–Kier alpha value is -0.380. The maximum absolute atomic E-state index is 10.0. The number of aliphatic hydroxyl groups excluding tert-OH is 1. The number of piperidine rings is 1. The summed E-state index contributed by atoms with van der Waals surface area (Å²) < 4.78 is 0. The summed E-state index contributed by atoms with van der Waals surface area (Å²) in [4.78, 5) is 2.46. The van der Waals surface area contributed by atoms with Crippen molar-refractivity contribution in [2.45, 2.75) is 51.3 Å². The first-order valence-corrected chi connectivity index (χ1v) is 7.18. The number of likely N-dealkylation sites (tertiary alicyclic amines) is 1. The minimum Gasteiger partial charge on any atom is -0.392 e. The van der Waals surface area contributed by atoms with Crippen LogP contribution in [0.25, 0.3) is 0 Å². The molecule has 16 heavy (non-hydrogen) atoms. The van der Waals surface area contributed by atoms with Crippen LogP contribution in [0, 0.1) is 0 Å². The molecular weight excluding hydrogens is 218 g/mol. The second-order valence-corrected chi connectivity index (χ2v) is 5.42. The van der Waals surface area contributed by atoms with Gasteiger partial charge in [0.1, 0.15) is 0 Å². The summed E-state index contributed by atoms with van der Waals surface area (Å²) in [6.45, 7) is 4.21. The summed E-state index contributed by atoms with van der Waals surface area (Å²) in [6, 6.07) is 2.56. The SMILES string of the molecule is CCC(O)C1CCCCN1Cc1ccsc1. The second kappa shape index (κ2) is 5.80. The second-order valence-electron chi connectivity index (χ2n) is 4.64. The van der Waals surface area contributed by atoms with E-state index in [1.807, 2.05) is 0 Å². The zero-order valence-electron chi connectivity index (χ0n) is 9.93. The lowest BCUT2D eigenvalue weighted by Gasteiger charge is -2.38. The number of aliphatic hydroxyl groups is 1. The van der Waals surface area contributed by atoms with E-state index in [4.69, 9.17) is 0 Å². The zero-order valence-corrected chi connectivity index (χ0v) is 10.7. The highest BCUT2D eigenvalue weighted by atomic mass is 32.1. The van der Waals surface area contributed by atoms with E-state index in [0.29, 0.717) is 6.04 Å². The molecule has 1 aliphatic heterocycles. The first kappa shape index (κ1) is 12.1. The molecule has 2 heterocycles. The van der Waals surface area contributed by atoms with E-state index >= 15 is 0 Å². The number of hydrogen-bond acceptors (Lipinski definition) is 3. The van der Waals surface area contributed by atoms with Gasteiger partial charge in [-0.2, -0.15) is 11.3 Å². The quantitative estimate of drug-likeness (QED) is 0.873. The highest BCUT2D eigenvalue weighted by Gasteiger charge is 2.27. The predicted octanol–water partition coefficient (Wildman–Crippen LogP) is 2.87. The third kappa shape index (κ3) is 2.84. The van der Waals surface area contributed by atoms with Crippen LogP contribution in [0.15, 0.2) is 16.8 Å². The maximum atomic E-state index is 10.0. The van der Waals surface area contributed by atoms with Crippen molar-refractivity contribution >= 4 is 11.3 Å². The van der Waals surface area contributed by atoms with Crippen LogP contribution in [-0.2, 0) is 6.54 Å². The average molecular weight is 239 g/mol. The Kier molecular flexibility index (Phi) is 4.38. The lowest BCUT2D eigenvalue weighted by molar-refractivity contribution is 0.0196. The van der Waals surface area contributed by atoms with Crippen molar-refractivity contribution in [3.63, 3.8) is 0 Å². The first-order valence-electron chi connectivity index (χ1n) is 6.24. The highest BCUT2D eigenvalue weighted by molar-refractivity contribution is 7.07. The molecule has 90 valence electrons. The fourth-order valence-corrected chi connectivity index (χ4v) is 3.20. The molecule has 2 nitrogen and oxygen atoms in total. The minimum atomic E-state index is -0.154. The normalized spacial score (nSPS) is 24.5.